The Bertz CT molecular complexity index is 728. The Morgan fingerprint density at radius 2 is 2.10 bits per heavy atom. The highest BCUT2D eigenvalue weighted by atomic mass is 35.5. The van der Waals surface area contributed by atoms with Gasteiger partial charge in [-0.25, -0.2) is 4.98 Å². The highest BCUT2D eigenvalue weighted by Crippen LogP contribution is 2.32. The maximum atomic E-state index is 9.97. The smallest absolute Gasteiger partial charge is 0.138 e. The number of aliphatic hydroxyl groups is 1. The fraction of sp³-hybridized carbons (Fsp3) is 0.188. The number of benzene rings is 2. The number of hydrogen-bond acceptors (Lipinski definition) is 3. The second kappa shape index (κ2) is 6.16. The molecular formula is C16H15ClN2O2. The summed E-state index contributed by atoms with van der Waals surface area (Å²) >= 11 is 6.35. The second-order valence-electron chi connectivity index (χ2n) is 4.82. The van der Waals surface area contributed by atoms with Crippen LogP contribution >= 0.6 is 11.6 Å². The fourth-order valence-corrected chi connectivity index (χ4v) is 2.49. The van der Waals surface area contributed by atoms with Crippen molar-refractivity contribution in [3.05, 3.63) is 60.1 Å². The average molecular weight is 303 g/mol. The molecule has 0 bridgehead atoms. The number of hydrogen-bond donors (Lipinski definition) is 1. The summed E-state index contributed by atoms with van der Waals surface area (Å²) in [6, 6.07) is 11.6. The molecule has 0 saturated heterocycles. The van der Waals surface area contributed by atoms with Gasteiger partial charge in [0.05, 0.1) is 17.9 Å². The topological polar surface area (TPSA) is 47.3 Å². The zero-order valence-electron chi connectivity index (χ0n) is 11.3. The highest BCUT2D eigenvalue weighted by Gasteiger charge is 2.10. The number of fused-ring (bicyclic) bond motifs is 1. The lowest BCUT2D eigenvalue weighted by Crippen LogP contribution is -2.23. The zero-order valence-corrected chi connectivity index (χ0v) is 12.1. The third kappa shape index (κ3) is 3.17. The normalized spacial score (nSPS) is 12.5. The van der Waals surface area contributed by atoms with E-state index < -0.39 is 6.10 Å². The van der Waals surface area contributed by atoms with Gasteiger partial charge in [-0.2, -0.15) is 0 Å². The van der Waals surface area contributed by atoms with Crippen molar-refractivity contribution in [1.82, 2.24) is 9.55 Å². The van der Waals surface area contributed by atoms with Gasteiger partial charge in [0, 0.05) is 17.8 Å². The minimum absolute atomic E-state index is 0.177. The molecule has 0 fully saturated rings. The molecule has 0 saturated carbocycles. The van der Waals surface area contributed by atoms with Gasteiger partial charge in [-0.1, -0.05) is 41.9 Å². The minimum Gasteiger partial charge on any atom is -0.489 e. The highest BCUT2D eigenvalue weighted by molar-refractivity contribution is 6.37. The van der Waals surface area contributed by atoms with Gasteiger partial charge in [0.2, 0.25) is 0 Å². The van der Waals surface area contributed by atoms with Crippen molar-refractivity contribution >= 4 is 22.4 Å². The van der Waals surface area contributed by atoms with Crippen LogP contribution < -0.4 is 4.74 Å². The van der Waals surface area contributed by atoms with Gasteiger partial charge in [-0.05, 0) is 11.5 Å². The Hall–Kier alpha value is -2.04. The third-order valence-corrected chi connectivity index (χ3v) is 3.63. The van der Waals surface area contributed by atoms with Gasteiger partial charge in [0.25, 0.3) is 0 Å². The Labute approximate surface area is 127 Å². The van der Waals surface area contributed by atoms with Gasteiger partial charge >= 0.3 is 0 Å². The molecule has 0 aliphatic heterocycles. The number of ether oxygens (including phenoxy) is 1. The van der Waals surface area contributed by atoms with Crippen molar-refractivity contribution in [3.63, 3.8) is 0 Å². The van der Waals surface area contributed by atoms with Gasteiger partial charge in [-0.15, -0.1) is 0 Å². The van der Waals surface area contributed by atoms with E-state index >= 15 is 0 Å². The second-order valence-corrected chi connectivity index (χ2v) is 5.20. The molecule has 1 unspecified atom stereocenters. The van der Waals surface area contributed by atoms with E-state index in [9.17, 15) is 5.11 Å². The van der Waals surface area contributed by atoms with Crippen LogP contribution in [0.2, 0.25) is 5.02 Å². The van der Waals surface area contributed by atoms with E-state index in [-0.39, 0.29) is 6.61 Å². The van der Waals surface area contributed by atoms with Crippen molar-refractivity contribution in [2.45, 2.75) is 12.6 Å². The van der Waals surface area contributed by atoms with Crippen molar-refractivity contribution < 1.29 is 9.84 Å². The molecule has 0 spiro atoms. The lowest BCUT2D eigenvalue weighted by molar-refractivity contribution is 0.0926. The zero-order chi connectivity index (χ0) is 14.7. The monoisotopic (exact) mass is 302 g/mol. The predicted molar refractivity (Wildman–Crippen MR) is 82.7 cm³/mol. The molecule has 1 atom stereocenters. The Balaban J connectivity index is 1.69. The van der Waals surface area contributed by atoms with Crippen molar-refractivity contribution in [3.8, 4) is 5.75 Å². The molecule has 1 heterocycles. The Morgan fingerprint density at radius 3 is 2.90 bits per heavy atom. The quantitative estimate of drug-likeness (QED) is 0.787. The van der Waals surface area contributed by atoms with Gasteiger partial charge in [-0.3, -0.25) is 0 Å². The first kappa shape index (κ1) is 13.9. The summed E-state index contributed by atoms with van der Waals surface area (Å²) in [4.78, 5) is 3.93. The summed E-state index contributed by atoms with van der Waals surface area (Å²) in [7, 11) is 0. The first-order chi connectivity index (χ1) is 10.2. The van der Waals surface area contributed by atoms with E-state index in [0.717, 1.165) is 10.8 Å². The summed E-state index contributed by atoms with van der Waals surface area (Å²) in [6.07, 6.45) is 4.51. The average Bonchev–Trinajstić information content (AvgIpc) is 3.00. The molecule has 21 heavy (non-hydrogen) atoms. The van der Waals surface area contributed by atoms with Gasteiger partial charge < -0.3 is 14.4 Å². The first-order valence-electron chi connectivity index (χ1n) is 6.68. The Morgan fingerprint density at radius 1 is 1.24 bits per heavy atom. The van der Waals surface area contributed by atoms with Crippen LogP contribution in [0.1, 0.15) is 0 Å². The SMILES string of the molecule is OC(COc1ccc2ccccc2c1Cl)Cn1ccnc1. The number of nitrogens with zero attached hydrogens (tertiary/aromatic N) is 2. The molecule has 1 aromatic heterocycles. The van der Waals surface area contributed by atoms with Crippen LogP contribution in [-0.2, 0) is 6.54 Å². The van der Waals surface area contributed by atoms with Crippen LogP contribution in [-0.4, -0.2) is 27.4 Å². The van der Waals surface area contributed by atoms with Crippen LogP contribution in [0, 0.1) is 0 Å². The van der Waals surface area contributed by atoms with Crippen molar-refractivity contribution in [1.29, 1.82) is 0 Å². The van der Waals surface area contributed by atoms with E-state index in [1.807, 2.05) is 36.4 Å². The van der Waals surface area contributed by atoms with Crippen LogP contribution in [0.5, 0.6) is 5.75 Å². The predicted octanol–water partition coefficient (Wildman–Crippen LogP) is 3.13. The summed E-state index contributed by atoms with van der Waals surface area (Å²) in [5.74, 6) is 0.583. The molecular weight excluding hydrogens is 288 g/mol. The maximum Gasteiger partial charge on any atom is 0.138 e. The molecule has 0 aliphatic rings. The fourth-order valence-electron chi connectivity index (χ4n) is 2.20. The van der Waals surface area contributed by atoms with E-state index in [2.05, 4.69) is 4.98 Å². The summed E-state index contributed by atoms with van der Waals surface area (Å²) < 4.78 is 7.44. The Kier molecular flexibility index (Phi) is 4.08. The minimum atomic E-state index is -0.623. The van der Waals surface area contributed by atoms with Gasteiger partial charge in [0.1, 0.15) is 18.5 Å². The van der Waals surface area contributed by atoms with E-state index in [4.69, 9.17) is 16.3 Å². The largest absolute Gasteiger partial charge is 0.489 e. The number of imidazole rings is 1. The molecule has 1 N–H and O–H groups in total. The van der Waals surface area contributed by atoms with Crippen LogP contribution in [0.4, 0.5) is 0 Å². The number of aliphatic hydroxyl groups excluding tert-OH is 1. The standard InChI is InChI=1S/C16H15ClN2O2/c17-16-14-4-2-1-3-12(14)5-6-15(16)21-10-13(20)9-19-8-7-18-11-19/h1-8,11,13,20H,9-10H2. The van der Waals surface area contributed by atoms with E-state index in [0.29, 0.717) is 17.3 Å². The van der Waals surface area contributed by atoms with Crippen molar-refractivity contribution in [2.75, 3.05) is 6.61 Å². The lowest BCUT2D eigenvalue weighted by Gasteiger charge is -2.14. The molecule has 108 valence electrons. The van der Waals surface area contributed by atoms with E-state index in [1.54, 1.807) is 23.3 Å². The van der Waals surface area contributed by atoms with Crippen LogP contribution in [0.25, 0.3) is 10.8 Å². The summed E-state index contributed by atoms with van der Waals surface area (Å²) in [5.41, 5.74) is 0. The maximum absolute atomic E-state index is 9.97. The molecule has 0 amide bonds. The van der Waals surface area contributed by atoms with Gasteiger partial charge in [0.15, 0.2) is 0 Å². The van der Waals surface area contributed by atoms with E-state index in [1.165, 1.54) is 0 Å². The number of aromatic nitrogens is 2. The summed E-state index contributed by atoms with van der Waals surface area (Å²) in [6.45, 7) is 0.613. The number of halogens is 1. The molecule has 0 radical (unpaired) electrons. The van der Waals surface area contributed by atoms with Crippen LogP contribution in [0.15, 0.2) is 55.1 Å². The third-order valence-electron chi connectivity index (χ3n) is 3.24. The lowest BCUT2D eigenvalue weighted by atomic mass is 10.1. The molecule has 0 aliphatic carbocycles. The first-order valence-corrected chi connectivity index (χ1v) is 7.05. The molecule has 2 aromatic carbocycles. The van der Waals surface area contributed by atoms with Crippen molar-refractivity contribution in [2.24, 2.45) is 0 Å². The summed E-state index contributed by atoms with van der Waals surface area (Å²) in [5, 5.41) is 12.6. The molecule has 3 aromatic rings. The molecule has 5 heteroatoms. The molecule has 4 nitrogen and oxygen atoms in total. The molecule has 3 rings (SSSR count). The number of rotatable bonds is 5. The van der Waals surface area contributed by atoms with Crippen LogP contribution in [0.3, 0.4) is 0 Å².